The van der Waals surface area contributed by atoms with Crippen molar-refractivity contribution in [3.8, 4) is 11.5 Å². The van der Waals surface area contributed by atoms with Crippen LogP contribution in [-0.4, -0.2) is 19.1 Å². The molecule has 172 valence electrons. The molecule has 0 saturated carbocycles. The van der Waals surface area contributed by atoms with Crippen molar-refractivity contribution in [3.05, 3.63) is 104 Å². The summed E-state index contributed by atoms with van der Waals surface area (Å²) in [5, 5.41) is 0.400. The number of aromatic nitrogens is 4. The van der Waals surface area contributed by atoms with Crippen molar-refractivity contribution in [1.82, 2.24) is 19.1 Å². The number of hydrogen-bond acceptors (Lipinski definition) is 6. The number of oxazole rings is 1. The van der Waals surface area contributed by atoms with Crippen LogP contribution in [-0.2, 0) is 13.1 Å². The lowest BCUT2D eigenvalue weighted by Crippen LogP contribution is -2.41. The van der Waals surface area contributed by atoms with Crippen molar-refractivity contribution in [2.24, 2.45) is 0 Å². The molecule has 1 aromatic carbocycles. The van der Waals surface area contributed by atoms with Crippen LogP contribution in [0.1, 0.15) is 34.0 Å². The standard InChI is InChI=1S/C26H24N4O4/c1-15-7-9-19(10-8-15)24-28-21(18(4)34-24)14-30-25(31)22-16(2)12-17(3)27-23(22)29(26(30)32)13-20-6-5-11-33-20/h5-12H,13-14H2,1-4H3. The van der Waals surface area contributed by atoms with Crippen LogP contribution in [0.4, 0.5) is 0 Å². The van der Waals surface area contributed by atoms with Crippen LogP contribution < -0.4 is 11.2 Å². The molecular weight excluding hydrogens is 432 g/mol. The smallest absolute Gasteiger partial charge is 0.333 e. The number of fused-ring (bicyclic) bond motifs is 1. The quantitative estimate of drug-likeness (QED) is 0.394. The first-order valence-electron chi connectivity index (χ1n) is 11.0. The minimum absolute atomic E-state index is 0.0136. The summed E-state index contributed by atoms with van der Waals surface area (Å²) in [6, 6.07) is 13.2. The molecule has 0 fully saturated rings. The second-order valence-corrected chi connectivity index (χ2v) is 8.51. The number of benzene rings is 1. The number of aryl methyl sites for hydroxylation is 4. The Kier molecular flexibility index (Phi) is 5.28. The maximum Gasteiger partial charge on any atom is 0.333 e. The topological polar surface area (TPSA) is 96.1 Å². The molecule has 0 N–H and O–H groups in total. The molecule has 34 heavy (non-hydrogen) atoms. The summed E-state index contributed by atoms with van der Waals surface area (Å²) in [5.41, 5.74) is 3.43. The molecule has 5 aromatic rings. The molecule has 0 aliphatic carbocycles. The second kappa shape index (κ2) is 8.30. The van der Waals surface area contributed by atoms with Crippen molar-refractivity contribution in [2.75, 3.05) is 0 Å². The van der Waals surface area contributed by atoms with Gasteiger partial charge in [-0.2, -0.15) is 0 Å². The van der Waals surface area contributed by atoms with Crippen LogP contribution in [0, 0.1) is 27.7 Å². The number of rotatable bonds is 5. The third kappa shape index (κ3) is 3.77. The summed E-state index contributed by atoms with van der Waals surface area (Å²) in [5.74, 6) is 1.60. The Morgan fingerprint density at radius 1 is 0.912 bits per heavy atom. The average molecular weight is 457 g/mol. The van der Waals surface area contributed by atoms with Gasteiger partial charge in [0.25, 0.3) is 5.56 Å². The van der Waals surface area contributed by atoms with Gasteiger partial charge in [-0.3, -0.25) is 13.9 Å². The summed E-state index contributed by atoms with van der Waals surface area (Å²) < 4.78 is 14.0. The van der Waals surface area contributed by atoms with Gasteiger partial charge in [-0.25, -0.2) is 14.8 Å². The zero-order valence-corrected chi connectivity index (χ0v) is 19.5. The highest BCUT2D eigenvalue weighted by atomic mass is 16.4. The summed E-state index contributed by atoms with van der Waals surface area (Å²) >= 11 is 0. The molecule has 8 nitrogen and oxygen atoms in total. The molecular formula is C26H24N4O4. The first-order valence-corrected chi connectivity index (χ1v) is 11.0. The van der Waals surface area contributed by atoms with Gasteiger partial charge >= 0.3 is 5.69 Å². The summed E-state index contributed by atoms with van der Waals surface area (Å²) in [7, 11) is 0. The molecule has 0 aliphatic rings. The Balaban J connectivity index is 1.66. The van der Waals surface area contributed by atoms with E-state index in [0.29, 0.717) is 34.1 Å². The Bertz CT molecular complexity index is 1620. The number of pyridine rings is 1. The first-order chi connectivity index (χ1) is 16.3. The number of hydrogen-bond donors (Lipinski definition) is 0. The second-order valence-electron chi connectivity index (χ2n) is 8.51. The van der Waals surface area contributed by atoms with Crippen LogP contribution in [0.2, 0.25) is 0 Å². The molecule has 5 rings (SSSR count). The fraction of sp³-hybridized carbons (Fsp3) is 0.231. The fourth-order valence-corrected chi connectivity index (χ4v) is 4.12. The highest BCUT2D eigenvalue weighted by molar-refractivity contribution is 5.78. The van der Waals surface area contributed by atoms with E-state index in [-0.39, 0.29) is 13.1 Å². The van der Waals surface area contributed by atoms with Crippen LogP contribution >= 0.6 is 0 Å². The third-order valence-corrected chi connectivity index (χ3v) is 5.90. The summed E-state index contributed by atoms with van der Waals surface area (Å²) in [4.78, 5) is 36.2. The number of nitrogens with zero attached hydrogens (tertiary/aromatic N) is 4. The van der Waals surface area contributed by atoms with Gasteiger partial charge in [-0.05, 0) is 63.6 Å². The van der Waals surface area contributed by atoms with E-state index in [9.17, 15) is 9.59 Å². The van der Waals surface area contributed by atoms with Crippen molar-refractivity contribution in [3.63, 3.8) is 0 Å². The fourth-order valence-electron chi connectivity index (χ4n) is 4.12. The van der Waals surface area contributed by atoms with Crippen molar-refractivity contribution in [1.29, 1.82) is 0 Å². The van der Waals surface area contributed by atoms with Crippen molar-refractivity contribution >= 4 is 11.0 Å². The highest BCUT2D eigenvalue weighted by Crippen LogP contribution is 2.23. The lowest BCUT2D eigenvalue weighted by Gasteiger charge is -2.14. The molecule has 0 unspecified atom stereocenters. The third-order valence-electron chi connectivity index (χ3n) is 5.90. The van der Waals surface area contributed by atoms with Crippen LogP contribution in [0.15, 0.2) is 67.2 Å². The van der Waals surface area contributed by atoms with E-state index in [0.717, 1.165) is 22.4 Å². The van der Waals surface area contributed by atoms with Crippen LogP contribution in [0.25, 0.3) is 22.5 Å². The van der Waals surface area contributed by atoms with Gasteiger partial charge in [0.15, 0.2) is 5.65 Å². The van der Waals surface area contributed by atoms with Crippen LogP contribution in [0.3, 0.4) is 0 Å². The predicted molar refractivity (Wildman–Crippen MR) is 128 cm³/mol. The molecule has 4 heterocycles. The van der Waals surface area contributed by atoms with E-state index in [1.54, 1.807) is 25.3 Å². The monoisotopic (exact) mass is 456 g/mol. The van der Waals surface area contributed by atoms with Gasteiger partial charge in [0.1, 0.15) is 17.2 Å². The lowest BCUT2D eigenvalue weighted by molar-refractivity contribution is 0.483. The molecule has 0 saturated heterocycles. The van der Waals surface area contributed by atoms with E-state index in [2.05, 4.69) is 9.97 Å². The summed E-state index contributed by atoms with van der Waals surface area (Å²) in [6.45, 7) is 7.62. The summed E-state index contributed by atoms with van der Waals surface area (Å²) in [6.07, 6.45) is 1.55. The molecule has 0 radical (unpaired) electrons. The minimum Gasteiger partial charge on any atom is -0.467 e. The zero-order valence-electron chi connectivity index (χ0n) is 19.5. The maximum absolute atomic E-state index is 13.6. The maximum atomic E-state index is 13.6. The molecule has 4 aromatic heterocycles. The minimum atomic E-state index is -0.481. The molecule has 0 spiro atoms. The van der Waals surface area contributed by atoms with Crippen LogP contribution in [0.5, 0.6) is 0 Å². The Morgan fingerprint density at radius 2 is 1.68 bits per heavy atom. The Labute approximate surface area is 195 Å². The van der Waals surface area contributed by atoms with E-state index in [4.69, 9.17) is 8.83 Å². The van der Waals surface area contributed by atoms with Gasteiger partial charge < -0.3 is 8.83 Å². The van der Waals surface area contributed by atoms with Gasteiger partial charge in [0, 0.05) is 11.3 Å². The van der Waals surface area contributed by atoms with E-state index in [1.165, 1.54) is 9.13 Å². The molecule has 0 atom stereocenters. The van der Waals surface area contributed by atoms with E-state index in [1.807, 2.05) is 51.1 Å². The molecule has 0 aliphatic heterocycles. The first kappa shape index (κ1) is 21.6. The zero-order chi connectivity index (χ0) is 24.0. The van der Waals surface area contributed by atoms with E-state index >= 15 is 0 Å². The molecule has 8 heteroatoms. The Morgan fingerprint density at radius 3 is 2.38 bits per heavy atom. The highest BCUT2D eigenvalue weighted by Gasteiger charge is 2.20. The van der Waals surface area contributed by atoms with E-state index < -0.39 is 11.2 Å². The molecule has 0 bridgehead atoms. The van der Waals surface area contributed by atoms with Crippen molar-refractivity contribution in [2.45, 2.75) is 40.8 Å². The van der Waals surface area contributed by atoms with Gasteiger partial charge in [-0.1, -0.05) is 17.7 Å². The average Bonchev–Trinajstić information content (AvgIpc) is 3.44. The van der Waals surface area contributed by atoms with Gasteiger partial charge in [0.2, 0.25) is 5.89 Å². The SMILES string of the molecule is Cc1ccc(-c2nc(Cn3c(=O)c4c(C)cc(C)nc4n(Cc4ccco4)c3=O)c(C)o2)cc1. The molecule has 0 amide bonds. The van der Waals surface area contributed by atoms with Gasteiger partial charge in [-0.15, -0.1) is 0 Å². The Hall–Kier alpha value is -4.20. The lowest BCUT2D eigenvalue weighted by atomic mass is 10.1. The van der Waals surface area contributed by atoms with Gasteiger partial charge in [0.05, 0.1) is 24.7 Å². The largest absolute Gasteiger partial charge is 0.467 e. The number of furan rings is 1. The predicted octanol–water partition coefficient (Wildman–Crippen LogP) is 4.14. The van der Waals surface area contributed by atoms with Crippen molar-refractivity contribution < 1.29 is 8.83 Å². The normalized spacial score (nSPS) is 11.4.